The lowest BCUT2D eigenvalue weighted by Crippen LogP contribution is -2.19. The van der Waals surface area contributed by atoms with Crippen LogP contribution in [0.1, 0.15) is 0 Å². The number of likely N-dealkylation sites (N-methyl/N-ethyl adjacent to an activating group) is 2. The normalized spacial score (nSPS) is 10.8. The number of benzene rings is 4. The van der Waals surface area contributed by atoms with Crippen LogP contribution < -0.4 is 4.74 Å². The lowest BCUT2D eigenvalue weighted by Gasteiger charge is -2.13. The fraction of sp³-hybridized carbons (Fsp3) is 0.222. The van der Waals surface area contributed by atoms with Crippen LogP contribution in [-0.2, 0) is 10.4 Å². The van der Waals surface area contributed by atoms with Gasteiger partial charge in [0.25, 0.3) is 0 Å². The topological polar surface area (TPSA) is 162 Å². The van der Waals surface area contributed by atoms with Gasteiger partial charge in [-0.2, -0.15) is 13.4 Å². The van der Waals surface area contributed by atoms with Gasteiger partial charge in [-0.3, -0.25) is 9.11 Å². The fourth-order valence-electron chi connectivity index (χ4n) is 4.15. The van der Waals surface area contributed by atoms with Gasteiger partial charge in [0.05, 0.1) is 23.0 Å². The number of ether oxygens (including phenoxy) is 1. The third-order valence-electron chi connectivity index (χ3n) is 6.51. The van der Waals surface area contributed by atoms with Crippen molar-refractivity contribution in [3.8, 4) is 28.7 Å². The maximum absolute atomic E-state index is 8.74. The van der Waals surface area contributed by atoms with E-state index < -0.39 is 10.4 Å². The molecule has 2 heterocycles. The summed E-state index contributed by atoms with van der Waals surface area (Å²) in [6.07, 6.45) is 0. The van der Waals surface area contributed by atoms with Gasteiger partial charge in [-0.15, -0.1) is 0 Å². The van der Waals surface area contributed by atoms with Crippen molar-refractivity contribution in [1.29, 1.82) is 0 Å². The highest BCUT2D eigenvalue weighted by atomic mass is 35.5. The first-order valence-electron chi connectivity index (χ1n) is 15.4. The Hall–Kier alpha value is -4.60. The minimum absolute atomic E-state index is 0.257. The molecule has 12 nitrogen and oxygen atoms in total. The molecule has 0 unspecified atom stereocenters. The smallest absolute Gasteiger partial charge is 0.394 e. The van der Waals surface area contributed by atoms with Crippen LogP contribution in [0.5, 0.6) is 5.88 Å². The number of nitrogens with zero attached hydrogens (tertiary/aromatic N) is 6. The van der Waals surface area contributed by atoms with E-state index >= 15 is 0 Å². The minimum Gasteiger partial charge on any atom is -0.476 e. The van der Waals surface area contributed by atoms with E-state index in [4.69, 9.17) is 39.0 Å². The summed E-state index contributed by atoms with van der Waals surface area (Å²) >= 11 is 6.16. The molecule has 4 aromatic carbocycles. The zero-order valence-electron chi connectivity index (χ0n) is 28.3. The van der Waals surface area contributed by atoms with Gasteiger partial charge in [-0.1, -0.05) is 96.5 Å². The van der Waals surface area contributed by atoms with Crippen LogP contribution in [0.2, 0.25) is 5.15 Å². The highest BCUT2D eigenvalue weighted by Crippen LogP contribution is 2.27. The van der Waals surface area contributed by atoms with Crippen molar-refractivity contribution in [2.75, 3.05) is 54.5 Å². The predicted molar refractivity (Wildman–Crippen MR) is 199 cm³/mol. The summed E-state index contributed by atoms with van der Waals surface area (Å²) < 4.78 is 37.5. The van der Waals surface area contributed by atoms with Gasteiger partial charge in [0.1, 0.15) is 11.8 Å². The average Bonchev–Trinajstić information content (AvgIpc) is 3.08. The minimum atomic E-state index is -4.67. The predicted octanol–water partition coefficient (Wildman–Crippen LogP) is 6.07. The number of rotatable bonds is 8. The highest BCUT2D eigenvalue weighted by Gasteiger charge is 2.10. The molecular weight excluding hydrogens is 680 g/mol. The van der Waals surface area contributed by atoms with Gasteiger partial charge >= 0.3 is 10.4 Å². The average molecular weight is 721 g/mol. The third kappa shape index (κ3) is 14.1. The van der Waals surface area contributed by atoms with Gasteiger partial charge in [0.15, 0.2) is 11.6 Å². The van der Waals surface area contributed by atoms with Crippen molar-refractivity contribution < 1.29 is 27.4 Å². The molecule has 0 atom stereocenters. The van der Waals surface area contributed by atoms with Gasteiger partial charge < -0.3 is 19.6 Å². The summed E-state index contributed by atoms with van der Waals surface area (Å²) in [4.78, 5) is 22.1. The number of hydrogen-bond donors (Lipinski definition) is 3. The number of aliphatic hydroxyl groups is 1. The van der Waals surface area contributed by atoms with E-state index in [1.165, 1.54) is 0 Å². The first kappa shape index (κ1) is 39.8. The van der Waals surface area contributed by atoms with Crippen LogP contribution in [0.4, 0.5) is 0 Å². The molecule has 0 saturated carbocycles. The number of aromatic nitrogens is 4. The number of halogens is 1. The van der Waals surface area contributed by atoms with Gasteiger partial charge in [-0.25, -0.2) is 15.0 Å². The summed E-state index contributed by atoms with van der Waals surface area (Å²) in [5.41, 5.74) is 3.73. The molecule has 0 aliphatic carbocycles. The molecule has 6 rings (SSSR count). The van der Waals surface area contributed by atoms with Crippen molar-refractivity contribution in [2.45, 2.75) is 0 Å². The Kier molecular flexibility index (Phi) is 16.1. The maximum atomic E-state index is 8.74. The second kappa shape index (κ2) is 20.2. The second-order valence-corrected chi connectivity index (χ2v) is 12.3. The summed E-state index contributed by atoms with van der Waals surface area (Å²) in [5, 5.41) is 10.5. The molecule has 0 aliphatic rings. The van der Waals surface area contributed by atoms with Crippen LogP contribution in [0, 0.1) is 0 Å². The largest absolute Gasteiger partial charge is 0.476 e. The number of fused-ring (bicyclic) bond motifs is 2. The van der Waals surface area contributed by atoms with Gasteiger partial charge in [-0.05, 0) is 52.5 Å². The van der Waals surface area contributed by atoms with Crippen molar-refractivity contribution >= 4 is 43.8 Å². The molecule has 0 fully saturated rings. The maximum Gasteiger partial charge on any atom is 0.394 e. The van der Waals surface area contributed by atoms with E-state index in [2.05, 4.69) is 24.8 Å². The quantitative estimate of drug-likeness (QED) is 0.123. The third-order valence-corrected chi connectivity index (χ3v) is 6.80. The SMILES string of the molecule is CN(C)CCO.CN(C)CCOc1nc(-c2ccccc2)nc2ccccc12.Clc1nc(-c2ccccc2)nc2ccccc12.O=S(=O)(O)O. The Balaban J connectivity index is 0.000000213. The Morgan fingerprint density at radius 1 is 0.620 bits per heavy atom. The van der Waals surface area contributed by atoms with Crippen LogP contribution in [-0.4, -0.2) is 107 Å². The van der Waals surface area contributed by atoms with Crippen molar-refractivity contribution in [2.24, 2.45) is 0 Å². The Bertz CT molecular complexity index is 2010. The monoisotopic (exact) mass is 720 g/mol. The molecule has 0 radical (unpaired) electrons. The highest BCUT2D eigenvalue weighted by molar-refractivity contribution is 7.79. The van der Waals surface area contributed by atoms with Crippen LogP contribution in [0.15, 0.2) is 109 Å². The second-order valence-electron chi connectivity index (χ2n) is 11.1. The zero-order chi connectivity index (χ0) is 36.5. The zero-order valence-corrected chi connectivity index (χ0v) is 29.8. The molecule has 6 aromatic rings. The molecule has 2 aromatic heterocycles. The van der Waals surface area contributed by atoms with Crippen molar-refractivity contribution in [1.82, 2.24) is 29.7 Å². The first-order valence-corrected chi connectivity index (χ1v) is 17.2. The molecule has 264 valence electrons. The standard InChI is InChI=1S/C18H19N3O.C14H9ClN2.C4H11NO.H2O4S/c1-21(2)12-13-22-18-15-10-6-7-11-16(15)19-17(20-18)14-8-4-3-5-9-14;15-13-11-8-4-5-9-12(11)16-14(17-13)10-6-2-1-3-7-10;1-5(2)3-4-6;1-5(2,3)4/h3-11H,12-13H2,1-2H3;1-9H;6H,3-4H2,1-2H3;(H2,1,2,3,4). The summed E-state index contributed by atoms with van der Waals surface area (Å²) in [6, 6.07) is 35.5. The Morgan fingerprint density at radius 2 is 1.04 bits per heavy atom. The lowest BCUT2D eigenvalue weighted by molar-refractivity contribution is 0.243. The van der Waals surface area contributed by atoms with E-state index in [9.17, 15) is 0 Å². The molecule has 0 amide bonds. The molecular formula is C36H41ClN6O6S. The molecule has 0 saturated heterocycles. The molecule has 50 heavy (non-hydrogen) atoms. The fourth-order valence-corrected chi connectivity index (χ4v) is 4.39. The number of hydrogen-bond acceptors (Lipinski definition) is 10. The van der Waals surface area contributed by atoms with E-state index in [0.717, 1.165) is 46.0 Å². The summed E-state index contributed by atoms with van der Waals surface area (Å²) in [6.45, 7) is 2.47. The molecule has 3 N–H and O–H groups in total. The Labute approximate surface area is 297 Å². The summed E-state index contributed by atoms with van der Waals surface area (Å²) in [7, 11) is 3.24. The van der Waals surface area contributed by atoms with Crippen molar-refractivity contribution in [3.05, 3.63) is 114 Å². The van der Waals surface area contributed by atoms with Crippen LogP contribution in [0.3, 0.4) is 0 Å². The Morgan fingerprint density at radius 3 is 1.50 bits per heavy atom. The summed E-state index contributed by atoms with van der Waals surface area (Å²) in [5.74, 6) is 2.00. The van der Waals surface area contributed by atoms with Gasteiger partial charge in [0, 0.05) is 29.6 Å². The lowest BCUT2D eigenvalue weighted by atomic mass is 10.2. The molecule has 14 heteroatoms. The molecule has 0 spiro atoms. The molecule has 0 bridgehead atoms. The number of aliphatic hydroxyl groups excluding tert-OH is 1. The van der Waals surface area contributed by atoms with E-state index in [1.54, 1.807) is 0 Å². The molecule has 0 aliphatic heterocycles. The number of para-hydroxylation sites is 2. The van der Waals surface area contributed by atoms with E-state index in [1.807, 2.05) is 142 Å². The van der Waals surface area contributed by atoms with Crippen molar-refractivity contribution in [3.63, 3.8) is 0 Å². The van der Waals surface area contributed by atoms with E-state index in [0.29, 0.717) is 29.3 Å². The first-order chi connectivity index (χ1) is 23.9. The van der Waals surface area contributed by atoms with Crippen LogP contribution >= 0.6 is 11.6 Å². The van der Waals surface area contributed by atoms with E-state index in [-0.39, 0.29) is 6.61 Å². The van der Waals surface area contributed by atoms with Gasteiger partial charge in [0.2, 0.25) is 5.88 Å². The van der Waals surface area contributed by atoms with Crippen LogP contribution in [0.25, 0.3) is 44.6 Å².